The highest BCUT2D eigenvalue weighted by Gasteiger charge is 2.07. The van der Waals surface area contributed by atoms with Gasteiger partial charge < -0.3 is 5.73 Å². The lowest BCUT2D eigenvalue weighted by Gasteiger charge is -2.11. The van der Waals surface area contributed by atoms with Gasteiger partial charge in [0, 0.05) is 26.3 Å². The molecule has 18 heavy (non-hydrogen) atoms. The van der Waals surface area contributed by atoms with Crippen LogP contribution in [0.1, 0.15) is 5.56 Å². The van der Waals surface area contributed by atoms with Gasteiger partial charge in [0.15, 0.2) is 0 Å². The quantitative estimate of drug-likeness (QED) is 0.830. The molecule has 2 N–H and O–H groups in total. The molecule has 0 radical (unpaired) electrons. The maximum absolute atomic E-state index is 6.00. The lowest BCUT2D eigenvalue weighted by Crippen LogP contribution is -2.00. The zero-order chi connectivity index (χ0) is 13.0. The maximum atomic E-state index is 6.00. The first-order valence-corrected chi connectivity index (χ1v) is 7.96. The van der Waals surface area contributed by atoms with Crippen LogP contribution >= 0.6 is 35.1 Å². The fourth-order valence-corrected chi connectivity index (χ4v) is 3.71. The van der Waals surface area contributed by atoms with Gasteiger partial charge in [0.05, 0.1) is 0 Å². The summed E-state index contributed by atoms with van der Waals surface area (Å²) in [5.74, 6) is 0. The molecule has 94 valence electrons. The highest BCUT2D eigenvalue weighted by atomic mass is 35.5. The predicted octanol–water partition coefficient (Wildman–Crippen LogP) is 4.67. The summed E-state index contributed by atoms with van der Waals surface area (Å²) in [6.45, 7) is 0.555. The largest absolute Gasteiger partial charge is 0.326 e. The van der Waals surface area contributed by atoms with Crippen LogP contribution in [0.25, 0.3) is 0 Å². The molecule has 0 aliphatic carbocycles. The highest BCUT2D eigenvalue weighted by molar-refractivity contribution is 8.00. The van der Waals surface area contributed by atoms with Crippen LogP contribution in [0.2, 0.25) is 5.02 Å². The van der Waals surface area contributed by atoms with Crippen molar-refractivity contribution in [1.29, 1.82) is 0 Å². The third kappa shape index (κ3) is 3.23. The van der Waals surface area contributed by atoms with Crippen LogP contribution in [-0.2, 0) is 6.54 Å². The molecule has 0 spiro atoms. The molecular weight excluding hydrogens is 282 g/mol. The molecular formula is C14H14ClNS2. The van der Waals surface area contributed by atoms with Crippen molar-refractivity contribution in [2.75, 3.05) is 6.26 Å². The molecule has 0 atom stereocenters. The van der Waals surface area contributed by atoms with E-state index in [1.54, 1.807) is 23.5 Å². The minimum atomic E-state index is 0.555. The second-order valence-corrected chi connectivity index (χ2v) is 6.10. The number of rotatable bonds is 4. The molecule has 0 aliphatic rings. The van der Waals surface area contributed by atoms with Crippen molar-refractivity contribution in [3.63, 3.8) is 0 Å². The van der Waals surface area contributed by atoms with Crippen molar-refractivity contribution in [2.24, 2.45) is 5.73 Å². The average Bonchev–Trinajstić information content (AvgIpc) is 2.38. The number of thioether (sulfide) groups is 1. The van der Waals surface area contributed by atoms with E-state index in [9.17, 15) is 0 Å². The van der Waals surface area contributed by atoms with Crippen molar-refractivity contribution in [3.05, 3.63) is 53.1 Å². The molecule has 4 heteroatoms. The number of nitrogens with two attached hydrogens (primary N) is 1. The number of hydrogen-bond acceptors (Lipinski definition) is 3. The average molecular weight is 296 g/mol. The van der Waals surface area contributed by atoms with E-state index in [-0.39, 0.29) is 0 Å². The number of halogens is 1. The smallest absolute Gasteiger partial charge is 0.0417 e. The first kappa shape index (κ1) is 13.8. The Hall–Kier alpha value is -0.610. The van der Waals surface area contributed by atoms with Crippen LogP contribution in [0.3, 0.4) is 0 Å². The predicted molar refractivity (Wildman–Crippen MR) is 81.7 cm³/mol. The van der Waals surface area contributed by atoms with Crippen molar-refractivity contribution < 1.29 is 0 Å². The molecule has 0 amide bonds. The summed E-state index contributed by atoms with van der Waals surface area (Å²) in [6.07, 6.45) is 2.07. The van der Waals surface area contributed by atoms with Gasteiger partial charge in [-0.2, -0.15) is 0 Å². The summed E-state index contributed by atoms with van der Waals surface area (Å²) in [7, 11) is 0. The molecule has 0 aliphatic heterocycles. The molecule has 0 aromatic heterocycles. The Morgan fingerprint density at radius 3 is 2.50 bits per heavy atom. The minimum absolute atomic E-state index is 0.555. The van der Waals surface area contributed by atoms with Gasteiger partial charge in [0.1, 0.15) is 0 Å². The molecule has 0 saturated carbocycles. The summed E-state index contributed by atoms with van der Waals surface area (Å²) in [6, 6.07) is 14.2. The van der Waals surface area contributed by atoms with Crippen LogP contribution in [0.15, 0.2) is 57.2 Å². The van der Waals surface area contributed by atoms with Crippen molar-refractivity contribution >= 4 is 35.1 Å². The van der Waals surface area contributed by atoms with Crippen LogP contribution in [0, 0.1) is 0 Å². The molecule has 0 unspecified atom stereocenters. The molecule has 1 nitrogen and oxygen atoms in total. The zero-order valence-electron chi connectivity index (χ0n) is 10.0. The standard InChI is InChI=1S/C14H14ClNS2/c1-17-13-6-3-7-14(12(13)9-16)18-11-5-2-4-10(15)8-11/h2-8H,9,16H2,1H3. The van der Waals surface area contributed by atoms with Gasteiger partial charge in [-0.3, -0.25) is 0 Å². The lowest BCUT2D eigenvalue weighted by atomic mass is 10.2. The van der Waals surface area contributed by atoms with E-state index in [2.05, 4.69) is 30.5 Å². The van der Waals surface area contributed by atoms with E-state index >= 15 is 0 Å². The Morgan fingerprint density at radius 1 is 1.11 bits per heavy atom. The Balaban J connectivity index is 2.34. The monoisotopic (exact) mass is 295 g/mol. The first-order chi connectivity index (χ1) is 8.74. The summed E-state index contributed by atoms with van der Waals surface area (Å²) >= 11 is 9.43. The van der Waals surface area contributed by atoms with Gasteiger partial charge in [-0.15, -0.1) is 11.8 Å². The molecule has 0 heterocycles. The van der Waals surface area contributed by atoms with Gasteiger partial charge in [-0.1, -0.05) is 35.5 Å². The van der Waals surface area contributed by atoms with Crippen molar-refractivity contribution in [1.82, 2.24) is 0 Å². The highest BCUT2D eigenvalue weighted by Crippen LogP contribution is 2.35. The Labute approximate surface area is 121 Å². The van der Waals surface area contributed by atoms with Gasteiger partial charge >= 0.3 is 0 Å². The van der Waals surface area contributed by atoms with Crippen LogP contribution in [-0.4, -0.2) is 6.26 Å². The number of benzene rings is 2. The second-order valence-electron chi connectivity index (χ2n) is 3.70. The Bertz CT molecular complexity index is 543. The van der Waals surface area contributed by atoms with Crippen LogP contribution < -0.4 is 5.73 Å². The van der Waals surface area contributed by atoms with E-state index < -0.39 is 0 Å². The number of hydrogen-bond donors (Lipinski definition) is 1. The van der Waals surface area contributed by atoms with Gasteiger partial charge in [-0.05, 0) is 42.2 Å². The molecule has 2 aromatic carbocycles. The zero-order valence-corrected chi connectivity index (χ0v) is 12.4. The fourth-order valence-electron chi connectivity index (χ4n) is 1.69. The normalized spacial score (nSPS) is 10.6. The summed E-state index contributed by atoms with van der Waals surface area (Å²) in [4.78, 5) is 3.58. The van der Waals surface area contributed by atoms with E-state index in [4.69, 9.17) is 17.3 Å². The molecule has 2 rings (SSSR count). The van der Waals surface area contributed by atoms with Gasteiger partial charge in [-0.25, -0.2) is 0 Å². The van der Waals surface area contributed by atoms with E-state index in [1.165, 1.54) is 15.4 Å². The summed E-state index contributed by atoms with van der Waals surface area (Å²) in [5.41, 5.74) is 7.06. The molecule has 0 bridgehead atoms. The van der Waals surface area contributed by atoms with Crippen molar-refractivity contribution in [3.8, 4) is 0 Å². The SMILES string of the molecule is CSc1cccc(Sc2cccc(Cl)c2)c1CN. The van der Waals surface area contributed by atoms with E-state index in [1.807, 2.05) is 18.2 Å². The third-order valence-corrected chi connectivity index (χ3v) is 4.69. The second kappa shape index (κ2) is 6.53. The fraction of sp³-hybridized carbons (Fsp3) is 0.143. The Kier molecular flexibility index (Phi) is 5.01. The summed E-state index contributed by atoms with van der Waals surface area (Å²) < 4.78 is 0. The molecule has 0 saturated heterocycles. The van der Waals surface area contributed by atoms with Crippen LogP contribution in [0.5, 0.6) is 0 Å². The maximum Gasteiger partial charge on any atom is 0.0417 e. The minimum Gasteiger partial charge on any atom is -0.326 e. The first-order valence-electron chi connectivity index (χ1n) is 5.54. The lowest BCUT2D eigenvalue weighted by molar-refractivity contribution is 0.981. The molecule has 0 fully saturated rings. The van der Waals surface area contributed by atoms with Crippen molar-refractivity contribution in [2.45, 2.75) is 21.2 Å². The van der Waals surface area contributed by atoms with Gasteiger partial charge in [0.2, 0.25) is 0 Å². The van der Waals surface area contributed by atoms with Gasteiger partial charge in [0.25, 0.3) is 0 Å². The van der Waals surface area contributed by atoms with Crippen LogP contribution in [0.4, 0.5) is 0 Å². The van der Waals surface area contributed by atoms with E-state index in [0.717, 1.165) is 9.92 Å². The van der Waals surface area contributed by atoms with E-state index in [0.29, 0.717) is 6.54 Å². The third-order valence-electron chi connectivity index (χ3n) is 2.54. The topological polar surface area (TPSA) is 26.0 Å². The summed E-state index contributed by atoms with van der Waals surface area (Å²) in [5, 5.41) is 0.760. The molecule has 2 aromatic rings. The Morgan fingerprint density at radius 2 is 1.83 bits per heavy atom.